The topological polar surface area (TPSA) is 38.9 Å². The van der Waals surface area contributed by atoms with Gasteiger partial charge in [0.1, 0.15) is 5.82 Å². The van der Waals surface area contributed by atoms with Crippen molar-refractivity contribution in [1.82, 2.24) is 4.98 Å². The zero-order chi connectivity index (χ0) is 9.14. The predicted molar refractivity (Wildman–Crippen MR) is 46.3 cm³/mol. The smallest absolute Gasteiger partial charge is 0.145 e. The van der Waals surface area contributed by atoms with Gasteiger partial charge in [0.05, 0.1) is 5.69 Å². The molecule has 0 fully saturated rings. The number of pyridine rings is 1. The fraction of sp³-hybridized carbons (Fsp3) is 0.444. The van der Waals surface area contributed by atoms with E-state index in [4.69, 9.17) is 5.73 Å². The highest BCUT2D eigenvalue weighted by Crippen LogP contribution is 2.17. The van der Waals surface area contributed by atoms with Gasteiger partial charge in [0.2, 0.25) is 0 Å². The molecule has 1 aromatic heterocycles. The lowest BCUT2D eigenvalue weighted by molar-refractivity contribution is 0.533. The SMILES string of the molecule is CC(N)C(C)c1ncccc1F. The Balaban J connectivity index is 2.94. The van der Waals surface area contributed by atoms with Crippen molar-refractivity contribution in [2.75, 3.05) is 0 Å². The van der Waals surface area contributed by atoms with Gasteiger partial charge in [0, 0.05) is 18.2 Å². The van der Waals surface area contributed by atoms with E-state index in [-0.39, 0.29) is 17.8 Å². The van der Waals surface area contributed by atoms with Crippen LogP contribution in [0.5, 0.6) is 0 Å². The molecular weight excluding hydrogens is 155 g/mol. The van der Waals surface area contributed by atoms with Crippen molar-refractivity contribution in [2.24, 2.45) is 5.73 Å². The normalized spacial score (nSPS) is 15.7. The van der Waals surface area contributed by atoms with Gasteiger partial charge in [-0.2, -0.15) is 0 Å². The van der Waals surface area contributed by atoms with Crippen LogP contribution in [0.1, 0.15) is 25.5 Å². The van der Waals surface area contributed by atoms with Crippen molar-refractivity contribution < 1.29 is 4.39 Å². The Bertz CT molecular complexity index is 260. The van der Waals surface area contributed by atoms with Crippen molar-refractivity contribution in [3.63, 3.8) is 0 Å². The van der Waals surface area contributed by atoms with Crippen LogP contribution in [0.3, 0.4) is 0 Å². The number of rotatable bonds is 2. The molecule has 1 heterocycles. The van der Waals surface area contributed by atoms with Crippen LogP contribution in [0.2, 0.25) is 0 Å². The number of nitrogens with zero attached hydrogens (tertiary/aromatic N) is 1. The Morgan fingerprint density at radius 2 is 2.17 bits per heavy atom. The fourth-order valence-corrected chi connectivity index (χ4v) is 0.982. The minimum absolute atomic E-state index is 0.0359. The van der Waals surface area contributed by atoms with Gasteiger partial charge >= 0.3 is 0 Å². The summed E-state index contributed by atoms with van der Waals surface area (Å²) in [5, 5.41) is 0. The molecule has 0 amide bonds. The molecule has 2 unspecified atom stereocenters. The van der Waals surface area contributed by atoms with Crippen molar-refractivity contribution in [3.8, 4) is 0 Å². The Morgan fingerprint density at radius 3 is 2.67 bits per heavy atom. The summed E-state index contributed by atoms with van der Waals surface area (Å²) in [4.78, 5) is 3.94. The highest BCUT2D eigenvalue weighted by Gasteiger charge is 2.15. The molecule has 0 spiro atoms. The van der Waals surface area contributed by atoms with Crippen LogP contribution in [0, 0.1) is 5.82 Å². The number of nitrogens with two attached hydrogens (primary N) is 1. The molecule has 0 aliphatic heterocycles. The number of halogens is 1. The molecule has 2 atom stereocenters. The lowest BCUT2D eigenvalue weighted by Gasteiger charge is -2.14. The second-order valence-corrected chi connectivity index (χ2v) is 3.02. The first-order valence-electron chi connectivity index (χ1n) is 3.99. The summed E-state index contributed by atoms with van der Waals surface area (Å²) < 4.78 is 13.1. The summed E-state index contributed by atoms with van der Waals surface area (Å²) in [6.45, 7) is 3.72. The molecule has 1 rings (SSSR count). The average Bonchev–Trinajstić information content (AvgIpc) is 2.04. The summed E-state index contributed by atoms with van der Waals surface area (Å²) in [6.07, 6.45) is 1.58. The van der Waals surface area contributed by atoms with Crippen LogP contribution < -0.4 is 5.73 Å². The molecule has 2 nitrogen and oxygen atoms in total. The Labute approximate surface area is 71.6 Å². The van der Waals surface area contributed by atoms with Crippen LogP contribution in [-0.2, 0) is 0 Å². The summed E-state index contributed by atoms with van der Waals surface area (Å²) in [5.41, 5.74) is 6.08. The molecule has 0 bridgehead atoms. The van der Waals surface area contributed by atoms with Crippen LogP contribution in [0.15, 0.2) is 18.3 Å². The van der Waals surface area contributed by atoms with Gasteiger partial charge in [0.15, 0.2) is 0 Å². The van der Waals surface area contributed by atoms with Crippen LogP contribution in [-0.4, -0.2) is 11.0 Å². The molecule has 2 N–H and O–H groups in total. The van der Waals surface area contributed by atoms with E-state index < -0.39 is 0 Å². The van der Waals surface area contributed by atoms with Crippen molar-refractivity contribution in [2.45, 2.75) is 25.8 Å². The maximum Gasteiger partial charge on any atom is 0.145 e. The van der Waals surface area contributed by atoms with Crippen molar-refractivity contribution >= 4 is 0 Å². The van der Waals surface area contributed by atoms with Gasteiger partial charge in [-0.05, 0) is 19.1 Å². The first-order valence-corrected chi connectivity index (χ1v) is 3.99. The Hall–Kier alpha value is -0.960. The van der Waals surface area contributed by atoms with Crippen LogP contribution in [0.4, 0.5) is 4.39 Å². The van der Waals surface area contributed by atoms with E-state index >= 15 is 0 Å². The third-order valence-corrected chi connectivity index (χ3v) is 2.01. The van der Waals surface area contributed by atoms with E-state index in [1.165, 1.54) is 6.07 Å². The van der Waals surface area contributed by atoms with Crippen molar-refractivity contribution in [3.05, 3.63) is 29.8 Å². The number of hydrogen-bond donors (Lipinski definition) is 1. The second kappa shape index (κ2) is 3.63. The van der Waals surface area contributed by atoms with E-state index in [0.29, 0.717) is 5.69 Å². The van der Waals surface area contributed by atoms with Crippen LogP contribution in [0.25, 0.3) is 0 Å². The third kappa shape index (κ3) is 1.80. The standard InChI is InChI=1S/C9H13FN2/c1-6(7(2)11)9-8(10)4-3-5-12-9/h3-7H,11H2,1-2H3. The maximum absolute atomic E-state index is 13.1. The largest absolute Gasteiger partial charge is 0.327 e. The molecular formula is C9H13FN2. The fourth-order valence-electron chi connectivity index (χ4n) is 0.982. The molecule has 0 aromatic carbocycles. The van der Waals surface area contributed by atoms with E-state index in [1.807, 2.05) is 13.8 Å². The minimum Gasteiger partial charge on any atom is -0.327 e. The van der Waals surface area contributed by atoms with Gasteiger partial charge in [-0.1, -0.05) is 6.92 Å². The summed E-state index contributed by atoms with van der Waals surface area (Å²) >= 11 is 0. The molecule has 66 valence electrons. The van der Waals surface area contributed by atoms with E-state index in [0.717, 1.165) is 0 Å². The summed E-state index contributed by atoms with van der Waals surface area (Å²) in [5.74, 6) is -0.312. The monoisotopic (exact) mass is 168 g/mol. The maximum atomic E-state index is 13.1. The minimum atomic E-state index is -0.276. The first-order chi connectivity index (χ1) is 5.63. The lowest BCUT2D eigenvalue weighted by Crippen LogP contribution is -2.23. The lowest BCUT2D eigenvalue weighted by atomic mass is 10.00. The molecule has 0 saturated heterocycles. The average molecular weight is 168 g/mol. The quantitative estimate of drug-likeness (QED) is 0.729. The number of hydrogen-bond acceptors (Lipinski definition) is 2. The van der Waals surface area contributed by atoms with Gasteiger partial charge < -0.3 is 5.73 Å². The summed E-state index contributed by atoms with van der Waals surface area (Å²) in [7, 11) is 0. The zero-order valence-electron chi connectivity index (χ0n) is 7.29. The molecule has 1 aromatic rings. The third-order valence-electron chi connectivity index (χ3n) is 2.01. The van der Waals surface area contributed by atoms with E-state index in [9.17, 15) is 4.39 Å². The molecule has 12 heavy (non-hydrogen) atoms. The predicted octanol–water partition coefficient (Wildman–Crippen LogP) is 1.67. The highest BCUT2D eigenvalue weighted by molar-refractivity contribution is 5.12. The van der Waals surface area contributed by atoms with E-state index in [1.54, 1.807) is 12.3 Å². The Kier molecular flexibility index (Phi) is 2.76. The van der Waals surface area contributed by atoms with Gasteiger partial charge in [-0.3, -0.25) is 4.98 Å². The summed E-state index contributed by atoms with van der Waals surface area (Å²) in [6, 6.07) is 2.91. The molecule has 0 aliphatic carbocycles. The molecule has 3 heteroatoms. The van der Waals surface area contributed by atoms with Gasteiger partial charge in [-0.15, -0.1) is 0 Å². The van der Waals surface area contributed by atoms with Gasteiger partial charge in [0.25, 0.3) is 0 Å². The van der Waals surface area contributed by atoms with Crippen molar-refractivity contribution in [1.29, 1.82) is 0 Å². The van der Waals surface area contributed by atoms with Crippen LogP contribution >= 0.6 is 0 Å². The van der Waals surface area contributed by atoms with E-state index in [2.05, 4.69) is 4.98 Å². The second-order valence-electron chi connectivity index (χ2n) is 3.02. The highest BCUT2D eigenvalue weighted by atomic mass is 19.1. The zero-order valence-corrected chi connectivity index (χ0v) is 7.29. The molecule has 0 saturated carbocycles. The molecule has 0 aliphatic rings. The molecule has 0 radical (unpaired) electrons. The van der Waals surface area contributed by atoms with Gasteiger partial charge in [-0.25, -0.2) is 4.39 Å². The Morgan fingerprint density at radius 1 is 1.50 bits per heavy atom. The first kappa shape index (κ1) is 9.13. The number of aromatic nitrogens is 1.